The smallest absolute Gasteiger partial charge is 0.132 e. The van der Waals surface area contributed by atoms with Gasteiger partial charge in [-0.15, -0.1) is 0 Å². The number of aliphatic hydroxyl groups excluding tert-OH is 1. The molecule has 0 aromatic carbocycles. The Hall–Kier alpha value is -0.700. The van der Waals surface area contributed by atoms with E-state index in [2.05, 4.69) is 0 Å². The van der Waals surface area contributed by atoms with E-state index >= 15 is 0 Å². The molecule has 0 unspecified atom stereocenters. The zero-order valence-electron chi connectivity index (χ0n) is 6.68. The number of hydrogen-bond donors (Lipinski definition) is 1. The highest BCUT2D eigenvalue weighted by molar-refractivity contribution is 5.75. The lowest BCUT2D eigenvalue weighted by Crippen LogP contribution is -1.92. The van der Waals surface area contributed by atoms with E-state index < -0.39 is 0 Å². The first kappa shape index (κ1) is 12.0. The van der Waals surface area contributed by atoms with E-state index in [1.54, 1.807) is 0 Å². The lowest BCUT2D eigenvalue weighted by molar-refractivity contribution is -0.117. The predicted molar refractivity (Wildman–Crippen MR) is 38.7 cm³/mol. The topological polar surface area (TPSA) is 54.4 Å². The summed E-state index contributed by atoms with van der Waals surface area (Å²) in [5.74, 6) is 0.206. The van der Waals surface area contributed by atoms with Gasteiger partial charge in [0, 0.05) is 13.0 Å². The van der Waals surface area contributed by atoms with Gasteiger partial charge in [-0.3, -0.25) is 4.79 Å². The van der Waals surface area contributed by atoms with Crippen LogP contribution in [0.2, 0.25) is 0 Å². The van der Waals surface area contributed by atoms with E-state index in [1.165, 1.54) is 20.8 Å². The third-order valence-electron chi connectivity index (χ3n) is 0.464. The monoisotopic (exact) mass is 146 g/mol. The van der Waals surface area contributed by atoms with Gasteiger partial charge in [0.15, 0.2) is 0 Å². The summed E-state index contributed by atoms with van der Waals surface area (Å²) < 4.78 is 0. The fourth-order valence-corrected chi connectivity index (χ4v) is 0.157. The Kier molecular flexibility index (Phi) is 9.98. The maximum Gasteiger partial charge on any atom is 0.132 e. The van der Waals surface area contributed by atoms with Crippen LogP contribution in [0.25, 0.3) is 0 Å². The van der Waals surface area contributed by atoms with E-state index in [0.717, 1.165) is 0 Å². The molecule has 0 aromatic heterocycles. The third-order valence-corrected chi connectivity index (χ3v) is 0.464. The molecule has 0 aliphatic carbocycles. The Morgan fingerprint density at radius 1 is 1.20 bits per heavy atom. The Morgan fingerprint density at radius 3 is 1.50 bits per heavy atom. The first-order valence-electron chi connectivity index (χ1n) is 3.08. The lowest BCUT2D eigenvalue weighted by atomic mass is 10.3. The molecular formula is C7H14O3. The minimum atomic E-state index is -0.0185. The number of aliphatic hydroxyl groups is 1. The van der Waals surface area contributed by atoms with Crippen LogP contribution in [-0.2, 0) is 9.59 Å². The van der Waals surface area contributed by atoms with Crippen molar-refractivity contribution in [2.24, 2.45) is 0 Å². The second-order valence-electron chi connectivity index (χ2n) is 2.08. The van der Waals surface area contributed by atoms with Crippen LogP contribution < -0.4 is 0 Å². The van der Waals surface area contributed by atoms with E-state index in [9.17, 15) is 9.59 Å². The largest absolute Gasteiger partial charge is 0.396 e. The van der Waals surface area contributed by atoms with Gasteiger partial charge < -0.3 is 9.90 Å². The molecule has 0 aliphatic heterocycles. The molecule has 0 saturated heterocycles. The molecule has 0 spiro atoms. The summed E-state index contributed by atoms with van der Waals surface area (Å²) in [6.07, 6.45) is 0.292. The quantitative estimate of drug-likeness (QED) is 0.619. The molecule has 0 aliphatic rings. The number of carbonyl (C=O) groups excluding carboxylic acids is 2. The number of hydrogen-bond acceptors (Lipinski definition) is 3. The minimum Gasteiger partial charge on any atom is -0.396 e. The Morgan fingerprint density at radius 2 is 1.50 bits per heavy atom. The average Bonchev–Trinajstić information content (AvgIpc) is 1.62. The van der Waals surface area contributed by atoms with Crippen LogP contribution >= 0.6 is 0 Å². The molecule has 0 amide bonds. The Bertz CT molecular complexity index is 103. The van der Waals surface area contributed by atoms with Gasteiger partial charge in [0.05, 0.1) is 0 Å². The van der Waals surface area contributed by atoms with Gasteiger partial charge >= 0.3 is 0 Å². The van der Waals surface area contributed by atoms with Gasteiger partial charge in [0.25, 0.3) is 0 Å². The van der Waals surface area contributed by atoms with Crippen molar-refractivity contribution in [3.63, 3.8) is 0 Å². The second kappa shape index (κ2) is 8.30. The fraction of sp³-hybridized carbons (Fsp3) is 0.714. The summed E-state index contributed by atoms with van der Waals surface area (Å²) >= 11 is 0. The summed E-state index contributed by atoms with van der Waals surface area (Å²) in [7, 11) is 0. The standard InChI is InChI=1S/C4H8O2.C3H6O/c1-4(6)2-3-5;1-3(2)4/h5H,2-3H2,1H3;1-2H3. The molecule has 0 rings (SSSR count). The lowest BCUT2D eigenvalue weighted by Gasteiger charge is -1.80. The molecule has 0 saturated carbocycles. The van der Waals surface area contributed by atoms with Crippen LogP contribution in [0.1, 0.15) is 27.2 Å². The summed E-state index contributed by atoms with van der Waals surface area (Å²) in [6.45, 7) is 4.49. The highest BCUT2D eigenvalue weighted by atomic mass is 16.3. The van der Waals surface area contributed by atoms with Crippen molar-refractivity contribution in [1.82, 2.24) is 0 Å². The number of rotatable bonds is 2. The molecule has 60 valence electrons. The molecule has 3 nitrogen and oxygen atoms in total. The minimum absolute atomic E-state index is 0.0185. The van der Waals surface area contributed by atoms with Gasteiger partial charge in [0.2, 0.25) is 0 Å². The van der Waals surface area contributed by atoms with E-state index in [-0.39, 0.29) is 18.2 Å². The van der Waals surface area contributed by atoms with Gasteiger partial charge in [-0.1, -0.05) is 0 Å². The first-order chi connectivity index (χ1) is 4.50. The summed E-state index contributed by atoms with van der Waals surface area (Å²) in [5, 5.41) is 8.02. The van der Waals surface area contributed by atoms with Crippen molar-refractivity contribution in [2.75, 3.05) is 6.61 Å². The third kappa shape index (κ3) is 54.8. The van der Waals surface area contributed by atoms with Crippen molar-refractivity contribution in [3.8, 4) is 0 Å². The Labute approximate surface area is 61.1 Å². The SMILES string of the molecule is CC(=O)CCO.CC(C)=O. The fourth-order valence-electron chi connectivity index (χ4n) is 0.157. The van der Waals surface area contributed by atoms with Crippen LogP contribution in [-0.4, -0.2) is 23.3 Å². The van der Waals surface area contributed by atoms with Crippen LogP contribution in [0.15, 0.2) is 0 Å². The van der Waals surface area contributed by atoms with Crippen LogP contribution in [0.4, 0.5) is 0 Å². The normalized spacial score (nSPS) is 7.60. The van der Waals surface area contributed by atoms with Gasteiger partial charge in [-0.2, -0.15) is 0 Å². The van der Waals surface area contributed by atoms with Crippen molar-refractivity contribution in [1.29, 1.82) is 0 Å². The summed E-state index contributed by atoms with van der Waals surface area (Å²) in [5.41, 5.74) is 0. The predicted octanol–water partition coefficient (Wildman–Crippen LogP) is 0.553. The first-order valence-corrected chi connectivity index (χ1v) is 3.08. The molecular weight excluding hydrogens is 132 g/mol. The van der Waals surface area contributed by atoms with E-state index in [0.29, 0.717) is 6.42 Å². The molecule has 3 heteroatoms. The van der Waals surface area contributed by atoms with Crippen LogP contribution in [0, 0.1) is 0 Å². The molecule has 0 bridgehead atoms. The van der Waals surface area contributed by atoms with Crippen molar-refractivity contribution in [3.05, 3.63) is 0 Å². The molecule has 0 radical (unpaired) electrons. The van der Waals surface area contributed by atoms with Crippen LogP contribution in [0.3, 0.4) is 0 Å². The van der Waals surface area contributed by atoms with Crippen LogP contribution in [0.5, 0.6) is 0 Å². The highest BCUT2D eigenvalue weighted by Gasteiger charge is 1.84. The van der Waals surface area contributed by atoms with E-state index in [4.69, 9.17) is 5.11 Å². The highest BCUT2D eigenvalue weighted by Crippen LogP contribution is 1.74. The molecule has 1 N–H and O–H groups in total. The molecule has 0 heterocycles. The molecule has 0 aromatic rings. The second-order valence-corrected chi connectivity index (χ2v) is 2.08. The average molecular weight is 146 g/mol. The maximum absolute atomic E-state index is 9.88. The van der Waals surface area contributed by atoms with E-state index in [1.807, 2.05) is 0 Å². The van der Waals surface area contributed by atoms with Crippen molar-refractivity contribution < 1.29 is 14.7 Å². The molecule has 10 heavy (non-hydrogen) atoms. The summed E-state index contributed by atoms with van der Waals surface area (Å²) in [6, 6.07) is 0. The zero-order valence-corrected chi connectivity index (χ0v) is 6.68. The zero-order chi connectivity index (χ0) is 8.57. The molecule has 0 atom stereocenters. The van der Waals surface area contributed by atoms with Gasteiger partial charge in [-0.05, 0) is 20.8 Å². The Balaban J connectivity index is 0. The van der Waals surface area contributed by atoms with Gasteiger partial charge in [0.1, 0.15) is 11.6 Å². The number of ketones is 2. The number of Topliss-reactive ketones (excluding diaryl/α,β-unsaturated/α-hetero) is 2. The summed E-state index contributed by atoms with van der Waals surface area (Å²) in [4.78, 5) is 19.3. The maximum atomic E-state index is 9.88. The van der Waals surface area contributed by atoms with Crippen molar-refractivity contribution in [2.45, 2.75) is 27.2 Å². The van der Waals surface area contributed by atoms with Gasteiger partial charge in [-0.25, -0.2) is 0 Å². The van der Waals surface area contributed by atoms with Crippen molar-refractivity contribution >= 4 is 11.6 Å². The number of carbonyl (C=O) groups is 2. The molecule has 0 fully saturated rings.